The lowest BCUT2D eigenvalue weighted by Crippen LogP contribution is -2.34. The van der Waals surface area contributed by atoms with Gasteiger partial charge in [0.05, 0.1) is 17.4 Å². The first-order valence-electron chi connectivity index (χ1n) is 6.79. The number of nitrogens with zero attached hydrogens (tertiary/aromatic N) is 1. The third kappa shape index (κ3) is 3.48. The fraction of sp³-hybridized carbons (Fsp3) is 0.429. The van der Waals surface area contributed by atoms with E-state index >= 15 is 0 Å². The molecule has 0 aliphatic carbocycles. The summed E-state index contributed by atoms with van der Waals surface area (Å²) in [6, 6.07) is 6.36. The molecule has 0 unspecified atom stereocenters. The van der Waals surface area contributed by atoms with Crippen LogP contribution >= 0.6 is 0 Å². The van der Waals surface area contributed by atoms with Crippen molar-refractivity contribution in [1.29, 1.82) is 0 Å². The zero-order valence-electron chi connectivity index (χ0n) is 11.6. The Bertz CT molecular complexity index is 496. The molecule has 3 amide bonds. The first-order valence-corrected chi connectivity index (χ1v) is 6.79. The van der Waals surface area contributed by atoms with Gasteiger partial charge in [-0.15, -0.1) is 0 Å². The largest absolute Gasteiger partial charge is 0.325 e. The van der Waals surface area contributed by atoms with Crippen molar-refractivity contribution in [2.45, 2.75) is 25.8 Å². The van der Waals surface area contributed by atoms with Crippen LogP contribution in [-0.2, 0) is 4.79 Å². The van der Waals surface area contributed by atoms with Gasteiger partial charge in [-0.1, -0.05) is 12.1 Å². The first kappa shape index (κ1) is 14.3. The van der Waals surface area contributed by atoms with Crippen LogP contribution in [-0.4, -0.2) is 36.0 Å². The molecule has 1 aliphatic heterocycles. The van der Waals surface area contributed by atoms with Crippen molar-refractivity contribution in [2.24, 2.45) is 5.73 Å². The SMILES string of the molecule is C[C@H](N)C(=O)Nc1ccccc1NC(=O)N1CCCC1. The summed E-state index contributed by atoms with van der Waals surface area (Å²) in [5, 5.41) is 5.54. The maximum atomic E-state index is 12.1. The van der Waals surface area contributed by atoms with E-state index in [-0.39, 0.29) is 11.9 Å². The summed E-state index contributed by atoms with van der Waals surface area (Å²) in [6.07, 6.45) is 2.08. The van der Waals surface area contributed by atoms with Gasteiger partial charge in [0.25, 0.3) is 0 Å². The highest BCUT2D eigenvalue weighted by molar-refractivity contribution is 6.00. The second-order valence-corrected chi connectivity index (χ2v) is 4.95. The van der Waals surface area contributed by atoms with Crippen LogP contribution in [0.5, 0.6) is 0 Å². The number of anilines is 2. The van der Waals surface area contributed by atoms with E-state index < -0.39 is 6.04 Å². The summed E-state index contributed by atoms with van der Waals surface area (Å²) in [6.45, 7) is 3.17. The molecule has 0 radical (unpaired) electrons. The third-order valence-corrected chi connectivity index (χ3v) is 3.23. The summed E-state index contributed by atoms with van der Waals surface area (Å²) < 4.78 is 0. The molecule has 0 saturated carbocycles. The van der Waals surface area contributed by atoms with Gasteiger partial charge in [-0.05, 0) is 31.9 Å². The molecule has 1 aliphatic rings. The number of benzene rings is 1. The molecule has 0 aromatic heterocycles. The predicted molar refractivity (Wildman–Crippen MR) is 78.5 cm³/mol. The van der Waals surface area contributed by atoms with E-state index in [1.165, 1.54) is 0 Å². The highest BCUT2D eigenvalue weighted by atomic mass is 16.2. The molecule has 0 spiro atoms. The van der Waals surface area contributed by atoms with Crippen molar-refractivity contribution in [2.75, 3.05) is 23.7 Å². The zero-order chi connectivity index (χ0) is 14.5. The monoisotopic (exact) mass is 276 g/mol. The van der Waals surface area contributed by atoms with Gasteiger partial charge in [0, 0.05) is 13.1 Å². The third-order valence-electron chi connectivity index (χ3n) is 3.23. The van der Waals surface area contributed by atoms with Gasteiger partial charge < -0.3 is 21.3 Å². The summed E-state index contributed by atoms with van der Waals surface area (Å²) in [5.74, 6) is -0.284. The quantitative estimate of drug-likeness (QED) is 0.783. The number of nitrogens with one attached hydrogen (secondary N) is 2. The summed E-state index contributed by atoms with van der Waals surface area (Å²) in [4.78, 5) is 25.5. The van der Waals surface area contributed by atoms with Gasteiger partial charge in [0.15, 0.2) is 0 Å². The first-order chi connectivity index (χ1) is 9.58. The van der Waals surface area contributed by atoms with Crippen LogP contribution in [0.15, 0.2) is 24.3 Å². The molecule has 1 heterocycles. The van der Waals surface area contributed by atoms with Gasteiger partial charge in [-0.25, -0.2) is 4.79 Å². The molecule has 1 aromatic rings. The molecule has 6 nitrogen and oxygen atoms in total. The molecule has 1 fully saturated rings. The average Bonchev–Trinajstić information content (AvgIpc) is 2.94. The lowest BCUT2D eigenvalue weighted by atomic mass is 10.2. The Balaban J connectivity index is 2.07. The second kappa shape index (κ2) is 6.38. The van der Waals surface area contributed by atoms with Gasteiger partial charge in [0.1, 0.15) is 0 Å². The maximum Gasteiger partial charge on any atom is 0.321 e. The van der Waals surface area contributed by atoms with Crippen LogP contribution in [0.1, 0.15) is 19.8 Å². The van der Waals surface area contributed by atoms with E-state index in [0.29, 0.717) is 11.4 Å². The normalized spacial score (nSPS) is 15.8. The zero-order valence-corrected chi connectivity index (χ0v) is 11.6. The highest BCUT2D eigenvalue weighted by Crippen LogP contribution is 2.22. The standard InChI is InChI=1S/C14H20N4O2/c1-10(15)13(19)16-11-6-2-3-7-12(11)17-14(20)18-8-4-5-9-18/h2-3,6-7,10H,4-5,8-9,15H2,1H3,(H,16,19)(H,17,20)/t10-/m0/s1. The van der Waals surface area contributed by atoms with E-state index in [4.69, 9.17) is 5.73 Å². The Labute approximate surface area is 118 Å². The number of carbonyl (C=O) groups excluding carboxylic acids is 2. The van der Waals surface area contributed by atoms with Crippen LogP contribution < -0.4 is 16.4 Å². The Kier molecular flexibility index (Phi) is 4.57. The summed E-state index contributed by atoms with van der Waals surface area (Å²) in [5.41, 5.74) is 6.67. The van der Waals surface area contributed by atoms with Gasteiger partial charge in [0.2, 0.25) is 5.91 Å². The molecule has 2 rings (SSSR count). The molecule has 1 atom stereocenters. The number of likely N-dealkylation sites (tertiary alicyclic amines) is 1. The summed E-state index contributed by atoms with van der Waals surface area (Å²) in [7, 11) is 0. The van der Waals surface area contributed by atoms with Crippen LogP contribution in [0.25, 0.3) is 0 Å². The lowest BCUT2D eigenvalue weighted by Gasteiger charge is -2.18. The number of hydrogen-bond acceptors (Lipinski definition) is 3. The van der Waals surface area contributed by atoms with Crippen LogP contribution in [0.4, 0.5) is 16.2 Å². The Morgan fingerprint density at radius 1 is 1.15 bits per heavy atom. The minimum absolute atomic E-state index is 0.134. The molecule has 0 bridgehead atoms. The number of amides is 3. The van der Waals surface area contributed by atoms with Crippen LogP contribution in [0.3, 0.4) is 0 Å². The van der Waals surface area contributed by atoms with Crippen molar-refractivity contribution in [1.82, 2.24) is 4.90 Å². The van der Waals surface area contributed by atoms with Gasteiger partial charge in [-0.3, -0.25) is 4.79 Å². The average molecular weight is 276 g/mol. The van der Waals surface area contributed by atoms with E-state index in [1.807, 2.05) is 0 Å². The van der Waals surface area contributed by atoms with E-state index in [0.717, 1.165) is 25.9 Å². The predicted octanol–water partition coefficient (Wildman–Crippen LogP) is 1.60. The fourth-order valence-corrected chi connectivity index (χ4v) is 2.06. The van der Waals surface area contributed by atoms with Crippen LogP contribution in [0.2, 0.25) is 0 Å². The fourth-order valence-electron chi connectivity index (χ4n) is 2.06. The molecule has 1 saturated heterocycles. The molecular weight excluding hydrogens is 256 g/mol. The lowest BCUT2D eigenvalue weighted by molar-refractivity contribution is -0.117. The van der Waals surface area contributed by atoms with E-state index in [9.17, 15) is 9.59 Å². The topological polar surface area (TPSA) is 87.5 Å². The Hall–Kier alpha value is -2.08. The molecular formula is C14H20N4O2. The minimum atomic E-state index is -0.600. The van der Waals surface area contributed by atoms with E-state index in [1.54, 1.807) is 36.1 Å². The second-order valence-electron chi connectivity index (χ2n) is 4.95. The van der Waals surface area contributed by atoms with E-state index in [2.05, 4.69) is 10.6 Å². The number of nitrogens with two attached hydrogens (primary N) is 1. The molecule has 4 N–H and O–H groups in total. The smallest absolute Gasteiger partial charge is 0.321 e. The van der Waals surface area contributed by atoms with Crippen molar-refractivity contribution in [3.63, 3.8) is 0 Å². The molecule has 1 aromatic carbocycles. The van der Waals surface area contributed by atoms with Gasteiger partial charge >= 0.3 is 6.03 Å². The maximum absolute atomic E-state index is 12.1. The number of hydrogen-bond donors (Lipinski definition) is 3. The van der Waals surface area contributed by atoms with Crippen LogP contribution in [0, 0.1) is 0 Å². The van der Waals surface area contributed by atoms with Crippen molar-refractivity contribution in [3.8, 4) is 0 Å². The number of para-hydroxylation sites is 2. The Morgan fingerprint density at radius 3 is 2.25 bits per heavy atom. The molecule has 6 heteroatoms. The highest BCUT2D eigenvalue weighted by Gasteiger charge is 2.19. The minimum Gasteiger partial charge on any atom is -0.325 e. The van der Waals surface area contributed by atoms with Crippen molar-refractivity contribution >= 4 is 23.3 Å². The Morgan fingerprint density at radius 2 is 1.70 bits per heavy atom. The summed E-state index contributed by atoms with van der Waals surface area (Å²) >= 11 is 0. The number of rotatable bonds is 3. The molecule has 20 heavy (non-hydrogen) atoms. The van der Waals surface area contributed by atoms with Gasteiger partial charge in [-0.2, -0.15) is 0 Å². The molecule has 108 valence electrons. The van der Waals surface area contributed by atoms with Crippen molar-refractivity contribution in [3.05, 3.63) is 24.3 Å². The number of carbonyl (C=O) groups is 2. The van der Waals surface area contributed by atoms with Crippen molar-refractivity contribution < 1.29 is 9.59 Å². The number of urea groups is 1.